The van der Waals surface area contributed by atoms with Crippen LogP contribution in [0.5, 0.6) is 0 Å². The van der Waals surface area contributed by atoms with Crippen LogP contribution in [0.2, 0.25) is 0 Å². The fraction of sp³-hybridized carbons (Fsp3) is 0.571. The van der Waals surface area contributed by atoms with E-state index >= 15 is 0 Å². The first-order valence-corrected chi connectivity index (χ1v) is 4.53. The van der Waals surface area contributed by atoms with Crippen molar-refractivity contribution in [1.29, 1.82) is 0 Å². The van der Waals surface area contributed by atoms with E-state index < -0.39 is 0 Å². The average molecular weight is 218 g/mol. The summed E-state index contributed by atoms with van der Waals surface area (Å²) in [5.41, 5.74) is 0. The molecule has 0 aliphatic rings. The van der Waals surface area contributed by atoms with Gasteiger partial charge in [0, 0.05) is 19.3 Å². The second-order valence-corrected chi connectivity index (χ2v) is 3.02. The Morgan fingerprint density at radius 3 is 2.91 bits per heavy atom. The summed E-state index contributed by atoms with van der Waals surface area (Å²) in [7, 11) is 0. The molecule has 0 atom stereocenters. The minimum atomic E-state index is 0.885. The molecule has 1 rings (SSSR count). The lowest BCUT2D eigenvalue weighted by atomic mass is 10.7. The number of halogens is 1. The van der Waals surface area contributed by atoms with Gasteiger partial charge in [0.1, 0.15) is 4.60 Å². The monoisotopic (exact) mass is 217 g/mol. The number of rotatable bonds is 3. The molecule has 0 aliphatic heterocycles. The first-order chi connectivity index (χ1) is 5.27. The van der Waals surface area contributed by atoms with E-state index in [4.69, 9.17) is 0 Å². The van der Waals surface area contributed by atoms with Gasteiger partial charge >= 0.3 is 0 Å². The van der Waals surface area contributed by atoms with E-state index in [-0.39, 0.29) is 0 Å². The average Bonchev–Trinajstić information content (AvgIpc) is 2.32. The topological polar surface area (TPSA) is 29.9 Å². The Balaban J connectivity index is 2.83. The normalized spacial score (nSPS) is 10.1. The highest BCUT2D eigenvalue weighted by atomic mass is 79.9. The third kappa shape index (κ3) is 1.96. The largest absolute Gasteiger partial charge is 0.356 e. The van der Waals surface area contributed by atoms with Crippen LogP contribution in [0, 0.1) is 0 Å². The van der Waals surface area contributed by atoms with Crippen molar-refractivity contribution in [1.82, 2.24) is 9.55 Å². The molecule has 0 bridgehead atoms. The molecular formula is C7H12BrN3. The van der Waals surface area contributed by atoms with Gasteiger partial charge in [-0.25, -0.2) is 4.98 Å². The van der Waals surface area contributed by atoms with Gasteiger partial charge in [-0.2, -0.15) is 0 Å². The van der Waals surface area contributed by atoms with E-state index in [1.165, 1.54) is 0 Å². The van der Waals surface area contributed by atoms with Crippen molar-refractivity contribution in [2.24, 2.45) is 0 Å². The first kappa shape index (κ1) is 8.59. The van der Waals surface area contributed by atoms with Crippen molar-refractivity contribution in [3.8, 4) is 0 Å². The van der Waals surface area contributed by atoms with Crippen LogP contribution in [0.1, 0.15) is 13.8 Å². The minimum absolute atomic E-state index is 0.885. The molecule has 62 valence electrons. The summed E-state index contributed by atoms with van der Waals surface area (Å²) in [6.45, 7) is 6.00. The Hall–Kier alpha value is -0.510. The number of aryl methyl sites for hydroxylation is 1. The molecule has 0 radical (unpaired) electrons. The van der Waals surface area contributed by atoms with Crippen molar-refractivity contribution in [3.63, 3.8) is 0 Å². The number of hydrogen-bond acceptors (Lipinski definition) is 2. The van der Waals surface area contributed by atoms with Crippen LogP contribution < -0.4 is 5.32 Å². The Labute approximate surface area is 74.9 Å². The number of nitrogens with zero attached hydrogens (tertiary/aromatic N) is 2. The molecule has 0 aromatic carbocycles. The van der Waals surface area contributed by atoms with Crippen LogP contribution in [-0.2, 0) is 6.54 Å². The van der Waals surface area contributed by atoms with Gasteiger partial charge < -0.3 is 9.88 Å². The Kier molecular flexibility index (Phi) is 2.93. The molecule has 0 saturated carbocycles. The third-order valence-corrected chi connectivity index (χ3v) is 1.80. The highest BCUT2D eigenvalue weighted by Gasteiger charge is 2.01. The molecule has 11 heavy (non-hydrogen) atoms. The molecule has 0 spiro atoms. The molecule has 1 aromatic heterocycles. The van der Waals surface area contributed by atoms with E-state index in [0.717, 1.165) is 23.6 Å². The highest BCUT2D eigenvalue weighted by molar-refractivity contribution is 9.10. The molecule has 0 aliphatic carbocycles. The molecule has 0 saturated heterocycles. The van der Waals surface area contributed by atoms with Gasteiger partial charge in [-0.1, -0.05) is 0 Å². The maximum Gasteiger partial charge on any atom is 0.203 e. The van der Waals surface area contributed by atoms with Gasteiger partial charge in [-0.3, -0.25) is 0 Å². The van der Waals surface area contributed by atoms with Crippen LogP contribution in [0.25, 0.3) is 0 Å². The fourth-order valence-electron chi connectivity index (χ4n) is 0.924. The van der Waals surface area contributed by atoms with Crippen LogP contribution >= 0.6 is 15.9 Å². The van der Waals surface area contributed by atoms with Gasteiger partial charge in [0.25, 0.3) is 0 Å². The van der Waals surface area contributed by atoms with E-state index in [1.807, 2.05) is 6.20 Å². The van der Waals surface area contributed by atoms with Crippen molar-refractivity contribution >= 4 is 21.9 Å². The summed E-state index contributed by atoms with van der Waals surface area (Å²) in [6, 6.07) is 0. The number of nitrogens with one attached hydrogen (secondary N) is 1. The van der Waals surface area contributed by atoms with Gasteiger partial charge in [0.15, 0.2) is 0 Å². The molecule has 4 heteroatoms. The number of imidazole rings is 1. The number of aromatic nitrogens is 2. The van der Waals surface area contributed by atoms with Crippen molar-refractivity contribution in [3.05, 3.63) is 10.8 Å². The fourth-order valence-corrected chi connectivity index (χ4v) is 1.34. The predicted octanol–water partition coefficient (Wildman–Crippen LogP) is 2.10. The van der Waals surface area contributed by atoms with Gasteiger partial charge in [0.05, 0.1) is 0 Å². The second kappa shape index (κ2) is 3.76. The van der Waals surface area contributed by atoms with Crippen molar-refractivity contribution < 1.29 is 0 Å². The maximum absolute atomic E-state index is 4.24. The minimum Gasteiger partial charge on any atom is -0.356 e. The molecule has 0 fully saturated rings. The smallest absolute Gasteiger partial charge is 0.203 e. The number of hydrogen-bond donors (Lipinski definition) is 1. The van der Waals surface area contributed by atoms with Crippen LogP contribution in [-0.4, -0.2) is 16.1 Å². The van der Waals surface area contributed by atoms with Gasteiger partial charge in [0.2, 0.25) is 5.95 Å². The summed E-state index contributed by atoms with van der Waals surface area (Å²) in [4.78, 5) is 4.24. The zero-order valence-corrected chi connectivity index (χ0v) is 8.35. The molecule has 1 aromatic rings. The van der Waals surface area contributed by atoms with Crippen molar-refractivity contribution in [2.45, 2.75) is 20.4 Å². The summed E-state index contributed by atoms with van der Waals surface area (Å²) >= 11 is 3.32. The summed E-state index contributed by atoms with van der Waals surface area (Å²) < 4.78 is 2.95. The van der Waals surface area contributed by atoms with Crippen LogP contribution in [0.15, 0.2) is 10.8 Å². The van der Waals surface area contributed by atoms with Crippen LogP contribution in [0.4, 0.5) is 5.95 Å². The molecule has 0 unspecified atom stereocenters. The predicted molar refractivity (Wildman–Crippen MR) is 49.8 cm³/mol. The SMILES string of the molecule is CCNc1nc(Br)cn1CC. The third-order valence-electron chi connectivity index (χ3n) is 1.42. The first-order valence-electron chi connectivity index (χ1n) is 3.74. The Morgan fingerprint density at radius 1 is 1.64 bits per heavy atom. The van der Waals surface area contributed by atoms with E-state index in [9.17, 15) is 0 Å². The van der Waals surface area contributed by atoms with Gasteiger partial charge in [-0.15, -0.1) is 0 Å². The molecule has 1 N–H and O–H groups in total. The Bertz CT molecular complexity index is 232. The zero-order chi connectivity index (χ0) is 8.27. The van der Waals surface area contributed by atoms with Crippen LogP contribution in [0.3, 0.4) is 0 Å². The lowest BCUT2D eigenvalue weighted by molar-refractivity contribution is 0.765. The zero-order valence-electron chi connectivity index (χ0n) is 6.76. The highest BCUT2D eigenvalue weighted by Crippen LogP contribution is 2.13. The quantitative estimate of drug-likeness (QED) is 0.841. The second-order valence-electron chi connectivity index (χ2n) is 2.20. The summed E-state index contributed by atoms with van der Waals surface area (Å²) in [5.74, 6) is 0.932. The maximum atomic E-state index is 4.24. The van der Waals surface area contributed by atoms with E-state index in [2.05, 4.69) is 44.6 Å². The summed E-state index contributed by atoms with van der Waals surface area (Å²) in [5, 5.41) is 3.17. The number of anilines is 1. The summed E-state index contributed by atoms with van der Waals surface area (Å²) in [6.07, 6.45) is 1.97. The van der Waals surface area contributed by atoms with E-state index in [0.29, 0.717) is 0 Å². The standard InChI is InChI=1S/C7H12BrN3/c1-3-9-7-10-6(8)5-11(7)4-2/h5H,3-4H2,1-2H3,(H,9,10). The van der Waals surface area contributed by atoms with E-state index in [1.54, 1.807) is 0 Å². The lowest BCUT2D eigenvalue weighted by Gasteiger charge is -2.03. The molecule has 0 amide bonds. The van der Waals surface area contributed by atoms with Gasteiger partial charge in [-0.05, 0) is 29.8 Å². The molecule has 1 heterocycles. The Morgan fingerprint density at radius 2 is 2.36 bits per heavy atom. The van der Waals surface area contributed by atoms with Crippen molar-refractivity contribution in [2.75, 3.05) is 11.9 Å². The lowest BCUT2D eigenvalue weighted by Crippen LogP contribution is -2.04. The molecular weight excluding hydrogens is 206 g/mol. The molecule has 3 nitrogen and oxygen atoms in total.